The molecular formula is C21H24N2O3S. The number of anilines is 1. The predicted molar refractivity (Wildman–Crippen MR) is 106 cm³/mol. The summed E-state index contributed by atoms with van der Waals surface area (Å²) in [6.07, 6.45) is 4.62. The van der Waals surface area contributed by atoms with E-state index in [1.54, 1.807) is 0 Å². The monoisotopic (exact) mass is 384 g/mol. The van der Waals surface area contributed by atoms with Gasteiger partial charge in [0.25, 0.3) is 0 Å². The van der Waals surface area contributed by atoms with Gasteiger partial charge in [0.05, 0.1) is 17.5 Å². The maximum absolute atomic E-state index is 13.0. The minimum Gasteiger partial charge on any atom is -0.481 e. The number of carboxylic acids is 1. The molecule has 3 saturated carbocycles. The average molecular weight is 385 g/mol. The van der Waals surface area contributed by atoms with Crippen molar-refractivity contribution in [2.24, 2.45) is 23.7 Å². The van der Waals surface area contributed by atoms with Gasteiger partial charge in [0.2, 0.25) is 5.91 Å². The first-order valence-corrected chi connectivity index (χ1v) is 10.5. The Balaban J connectivity index is 1.58. The van der Waals surface area contributed by atoms with Gasteiger partial charge in [0, 0.05) is 10.4 Å². The fourth-order valence-electron chi connectivity index (χ4n) is 4.84. The molecule has 27 heavy (non-hydrogen) atoms. The van der Waals surface area contributed by atoms with Gasteiger partial charge in [-0.25, -0.2) is 4.98 Å². The van der Waals surface area contributed by atoms with Gasteiger partial charge in [-0.05, 0) is 43.9 Å². The standard InChI is InChI=1S/C21H24N2O3S/c1-2-15-18(14-6-4-3-5-7-14)22-21(27-15)23-19(24)16-12-8-10-13(11-9-12)17(16)20(25)26/h3-7,12-13,16-17H,2,8-11H2,1H3,(H,25,26)(H,22,23,24)/t12?,13?,16-,17-/m0/s1. The van der Waals surface area contributed by atoms with Gasteiger partial charge in [0.1, 0.15) is 0 Å². The van der Waals surface area contributed by atoms with E-state index in [1.165, 1.54) is 11.3 Å². The van der Waals surface area contributed by atoms with Gasteiger partial charge in [-0.3, -0.25) is 9.59 Å². The largest absolute Gasteiger partial charge is 0.481 e. The Hall–Kier alpha value is -2.21. The summed E-state index contributed by atoms with van der Waals surface area (Å²) in [6, 6.07) is 9.94. The molecule has 1 amide bonds. The Morgan fingerprint density at radius 3 is 2.33 bits per heavy atom. The van der Waals surface area contributed by atoms with Crippen molar-refractivity contribution in [3.05, 3.63) is 35.2 Å². The summed E-state index contributed by atoms with van der Waals surface area (Å²) in [5.41, 5.74) is 1.93. The normalized spacial score (nSPS) is 26.7. The molecule has 0 aliphatic heterocycles. The number of nitrogens with zero attached hydrogens (tertiary/aromatic N) is 1. The number of rotatable bonds is 5. The van der Waals surface area contributed by atoms with Gasteiger partial charge < -0.3 is 10.4 Å². The third-order valence-corrected chi connectivity index (χ3v) is 7.22. The quantitative estimate of drug-likeness (QED) is 0.798. The summed E-state index contributed by atoms with van der Waals surface area (Å²) in [4.78, 5) is 30.6. The molecule has 0 spiro atoms. The van der Waals surface area contributed by atoms with E-state index < -0.39 is 17.8 Å². The maximum Gasteiger partial charge on any atom is 0.307 e. The first kappa shape index (κ1) is 18.2. The van der Waals surface area contributed by atoms with Crippen LogP contribution in [-0.2, 0) is 16.0 Å². The first-order chi connectivity index (χ1) is 13.1. The van der Waals surface area contributed by atoms with E-state index in [-0.39, 0.29) is 17.7 Å². The molecule has 0 saturated heterocycles. The molecule has 3 aliphatic carbocycles. The Kier molecular flexibility index (Phi) is 5.00. The van der Waals surface area contributed by atoms with E-state index in [0.717, 1.165) is 48.2 Å². The number of aliphatic carboxylic acids is 1. The van der Waals surface area contributed by atoms with E-state index >= 15 is 0 Å². The van der Waals surface area contributed by atoms with Crippen molar-refractivity contribution in [3.63, 3.8) is 0 Å². The van der Waals surface area contributed by atoms with Crippen molar-refractivity contribution in [1.29, 1.82) is 0 Å². The zero-order valence-corrected chi connectivity index (χ0v) is 16.2. The molecule has 1 aromatic carbocycles. The lowest BCUT2D eigenvalue weighted by molar-refractivity contribution is -0.156. The number of thiazole rings is 1. The van der Waals surface area contributed by atoms with E-state index in [9.17, 15) is 14.7 Å². The molecule has 2 aromatic rings. The van der Waals surface area contributed by atoms with Crippen molar-refractivity contribution < 1.29 is 14.7 Å². The van der Waals surface area contributed by atoms with Gasteiger partial charge in [-0.1, -0.05) is 37.3 Å². The summed E-state index contributed by atoms with van der Waals surface area (Å²) < 4.78 is 0. The predicted octanol–water partition coefficient (Wildman–Crippen LogP) is 4.45. The molecule has 2 N–H and O–H groups in total. The Bertz CT molecular complexity index is 840. The molecular weight excluding hydrogens is 360 g/mol. The molecule has 1 aromatic heterocycles. The summed E-state index contributed by atoms with van der Waals surface area (Å²) in [7, 11) is 0. The van der Waals surface area contributed by atoms with Crippen LogP contribution in [0.15, 0.2) is 30.3 Å². The highest BCUT2D eigenvalue weighted by molar-refractivity contribution is 7.16. The molecule has 0 unspecified atom stereocenters. The van der Waals surface area contributed by atoms with E-state index in [1.807, 2.05) is 30.3 Å². The molecule has 6 heteroatoms. The van der Waals surface area contributed by atoms with Crippen LogP contribution in [0.1, 0.15) is 37.5 Å². The number of carboxylic acid groups (broad SMARTS) is 1. The molecule has 142 valence electrons. The van der Waals surface area contributed by atoms with Crippen LogP contribution in [0.4, 0.5) is 5.13 Å². The molecule has 2 bridgehead atoms. The number of fused-ring (bicyclic) bond motifs is 3. The zero-order valence-electron chi connectivity index (χ0n) is 15.4. The fraction of sp³-hybridized carbons (Fsp3) is 0.476. The van der Waals surface area contributed by atoms with Crippen LogP contribution in [-0.4, -0.2) is 22.0 Å². The van der Waals surface area contributed by atoms with Gasteiger partial charge >= 0.3 is 5.97 Å². The second-order valence-electron chi connectivity index (χ2n) is 7.56. The van der Waals surface area contributed by atoms with Gasteiger partial charge in [-0.15, -0.1) is 11.3 Å². The zero-order chi connectivity index (χ0) is 19.0. The third kappa shape index (κ3) is 3.38. The van der Waals surface area contributed by atoms with Crippen molar-refractivity contribution in [1.82, 2.24) is 4.98 Å². The van der Waals surface area contributed by atoms with Crippen LogP contribution in [0.25, 0.3) is 11.3 Å². The highest BCUT2D eigenvalue weighted by Crippen LogP contribution is 2.49. The van der Waals surface area contributed by atoms with Crippen molar-refractivity contribution in [2.75, 3.05) is 5.32 Å². The number of benzene rings is 1. The molecule has 5 rings (SSSR count). The smallest absolute Gasteiger partial charge is 0.307 e. The van der Waals surface area contributed by atoms with E-state index in [4.69, 9.17) is 0 Å². The molecule has 1 heterocycles. The topological polar surface area (TPSA) is 79.3 Å². The third-order valence-electron chi connectivity index (χ3n) is 6.10. The second kappa shape index (κ2) is 7.43. The van der Waals surface area contributed by atoms with Crippen LogP contribution >= 0.6 is 11.3 Å². The van der Waals surface area contributed by atoms with Crippen LogP contribution in [0.5, 0.6) is 0 Å². The van der Waals surface area contributed by atoms with Crippen LogP contribution in [0.2, 0.25) is 0 Å². The lowest BCUT2D eigenvalue weighted by atomic mass is 9.58. The SMILES string of the molecule is CCc1sc(NC(=O)[C@H]2C3CCC(CC3)[C@@H]2C(=O)O)nc1-c1ccccc1. The first-order valence-electron chi connectivity index (χ1n) is 9.67. The molecule has 3 fully saturated rings. The van der Waals surface area contributed by atoms with E-state index in [0.29, 0.717) is 5.13 Å². The number of carbonyl (C=O) groups is 2. The Morgan fingerprint density at radius 2 is 1.74 bits per heavy atom. The Morgan fingerprint density at radius 1 is 1.11 bits per heavy atom. The molecule has 0 radical (unpaired) electrons. The number of aryl methyl sites for hydroxylation is 1. The molecule has 3 aliphatic rings. The highest BCUT2D eigenvalue weighted by Gasteiger charge is 2.50. The summed E-state index contributed by atoms with van der Waals surface area (Å²) >= 11 is 1.49. The van der Waals surface area contributed by atoms with Crippen molar-refractivity contribution in [2.45, 2.75) is 39.0 Å². The number of hydrogen-bond acceptors (Lipinski definition) is 4. The number of nitrogens with one attached hydrogen (secondary N) is 1. The van der Waals surface area contributed by atoms with Gasteiger partial charge in [-0.2, -0.15) is 0 Å². The van der Waals surface area contributed by atoms with Crippen molar-refractivity contribution in [3.8, 4) is 11.3 Å². The highest BCUT2D eigenvalue weighted by atomic mass is 32.1. The summed E-state index contributed by atoms with van der Waals surface area (Å²) in [5, 5.41) is 13.2. The van der Waals surface area contributed by atoms with Crippen LogP contribution in [0, 0.1) is 23.7 Å². The number of amides is 1. The number of aromatic nitrogens is 1. The van der Waals surface area contributed by atoms with E-state index in [2.05, 4.69) is 17.2 Å². The van der Waals surface area contributed by atoms with Crippen LogP contribution in [0.3, 0.4) is 0 Å². The molecule has 5 nitrogen and oxygen atoms in total. The minimum absolute atomic E-state index is 0.130. The van der Waals surface area contributed by atoms with Crippen molar-refractivity contribution >= 4 is 28.3 Å². The maximum atomic E-state index is 13.0. The fourth-order valence-corrected chi connectivity index (χ4v) is 5.76. The summed E-state index contributed by atoms with van der Waals surface area (Å²) in [6.45, 7) is 2.08. The lowest BCUT2D eigenvalue weighted by Gasteiger charge is -2.45. The van der Waals surface area contributed by atoms with Crippen LogP contribution < -0.4 is 5.32 Å². The minimum atomic E-state index is -0.831. The summed E-state index contributed by atoms with van der Waals surface area (Å²) in [5.74, 6) is -1.70. The lowest BCUT2D eigenvalue weighted by Crippen LogP contribution is -2.49. The van der Waals surface area contributed by atoms with Gasteiger partial charge in [0.15, 0.2) is 5.13 Å². The number of carbonyl (C=O) groups excluding carboxylic acids is 1. The number of hydrogen-bond donors (Lipinski definition) is 2. The Labute approximate surface area is 162 Å². The second-order valence-corrected chi connectivity index (χ2v) is 8.65. The molecule has 2 atom stereocenters. The average Bonchev–Trinajstić information content (AvgIpc) is 3.11.